The van der Waals surface area contributed by atoms with E-state index in [2.05, 4.69) is 32.1 Å². The maximum absolute atomic E-state index is 14.7. The number of hydrogen-bond acceptors (Lipinski definition) is 6. The average Bonchev–Trinajstić information content (AvgIpc) is 3.79. The number of rotatable bonds is 11. The number of nitrogens with one attached hydrogen (secondary N) is 3. The van der Waals surface area contributed by atoms with Crippen molar-refractivity contribution in [3.05, 3.63) is 96.1 Å². The molecule has 0 radical (unpaired) electrons. The van der Waals surface area contributed by atoms with E-state index in [0.717, 1.165) is 87.7 Å². The number of aromatic amines is 2. The maximum atomic E-state index is 14.7. The first-order valence-electron chi connectivity index (χ1n) is 18.3. The van der Waals surface area contributed by atoms with Crippen molar-refractivity contribution in [1.29, 1.82) is 0 Å². The van der Waals surface area contributed by atoms with E-state index in [-0.39, 0.29) is 11.0 Å². The van der Waals surface area contributed by atoms with Crippen LogP contribution in [0.3, 0.4) is 0 Å². The number of halogens is 4. The lowest BCUT2D eigenvalue weighted by atomic mass is 9.81. The third-order valence-corrected chi connectivity index (χ3v) is 10.8. The van der Waals surface area contributed by atoms with Crippen molar-refractivity contribution in [2.45, 2.75) is 39.0 Å². The Labute approximate surface area is 304 Å². The lowest BCUT2D eigenvalue weighted by Gasteiger charge is -2.39. The fourth-order valence-corrected chi connectivity index (χ4v) is 7.63. The quantitative estimate of drug-likeness (QED) is 0.116. The van der Waals surface area contributed by atoms with Crippen LogP contribution in [0.1, 0.15) is 38.3 Å². The summed E-state index contributed by atoms with van der Waals surface area (Å²) in [5, 5.41) is 4.74. The van der Waals surface area contributed by atoms with Crippen molar-refractivity contribution in [2.75, 3.05) is 45.9 Å². The van der Waals surface area contributed by atoms with E-state index in [1.165, 1.54) is 18.2 Å². The first-order valence-corrected chi connectivity index (χ1v) is 18.3. The zero-order valence-electron chi connectivity index (χ0n) is 29.6. The fourth-order valence-electron chi connectivity index (χ4n) is 7.63. The van der Waals surface area contributed by atoms with Crippen LogP contribution in [0.2, 0.25) is 0 Å². The SMILES string of the molecule is CC1(COc2ccnc3[nH]cc(-c4cc(F)ccc4F)c23)CCN(CCc2cc(OCC3CCNCC3)c3c(-c4cc(F)cc(F)c4)c[nH]c3n2)CC1. The number of H-pyrrole nitrogens is 2. The normalized spacial score (nSPS) is 16.8. The molecule has 3 N–H and O–H groups in total. The zero-order chi connectivity index (χ0) is 36.5. The lowest BCUT2D eigenvalue weighted by molar-refractivity contribution is 0.0700. The van der Waals surface area contributed by atoms with Gasteiger partial charge in [-0.05, 0) is 99.7 Å². The number of piperidine rings is 2. The molecule has 4 aromatic heterocycles. The second-order valence-electron chi connectivity index (χ2n) is 14.8. The molecule has 2 saturated heterocycles. The molecule has 0 atom stereocenters. The van der Waals surface area contributed by atoms with E-state index >= 15 is 0 Å². The van der Waals surface area contributed by atoms with E-state index in [9.17, 15) is 17.6 Å². The Morgan fingerprint density at radius 2 is 1.53 bits per heavy atom. The minimum Gasteiger partial charge on any atom is -0.492 e. The van der Waals surface area contributed by atoms with Crippen molar-refractivity contribution in [3.63, 3.8) is 0 Å². The van der Waals surface area contributed by atoms with E-state index < -0.39 is 23.3 Å². The largest absolute Gasteiger partial charge is 0.492 e. The number of pyridine rings is 2. The molecule has 0 bridgehead atoms. The Morgan fingerprint density at radius 1 is 0.792 bits per heavy atom. The van der Waals surface area contributed by atoms with Crippen LogP contribution in [0, 0.1) is 34.6 Å². The molecule has 0 aliphatic carbocycles. The maximum Gasteiger partial charge on any atom is 0.141 e. The summed E-state index contributed by atoms with van der Waals surface area (Å²) in [6.45, 7) is 7.75. The Hall–Kier alpha value is -4.94. The summed E-state index contributed by atoms with van der Waals surface area (Å²) in [4.78, 5) is 18.0. The molecule has 2 aliphatic rings. The fraction of sp³-hybridized carbons (Fsp3) is 0.366. The summed E-state index contributed by atoms with van der Waals surface area (Å²) in [6, 6.07) is 10.7. The molecule has 0 spiro atoms. The van der Waals surface area contributed by atoms with Crippen molar-refractivity contribution >= 4 is 22.1 Å². The number of benzene rings is 2. The monoisotopic (exact) mass is 726 g/mol. The van der Waals surface area contributed by atoms with Crippen LogP contribution in [0.5, 0.6) is 11.5 Å². The highest BCUT2D eigenvalue weighted by molar-refractivity contribution is 5.99. The summed E-state index contributed by atoms with van der Waals surface area (Å²) >= 11 is 0. The number of nitrogens with zero attached hydrogens (tertiary/aromatic N) is 3. The van der Waals surface area contributed by atoms with Gasteiger partial charge in [0.15, 0.2) is 0 Å². The van der Waals surface area contributed by atoms with Crippen molar-refractivity contribution in [1.82, 2.24) is 30.2 Å². The van der Waals surface area contributed by atoms with Gasteiger partial charge in [0.1, 0.15) is 46.1 Å². The second kappa shape index (κ2) is 14.8. The van der Waals surface area contributed by atoms with Gasteiger partial charge in [-0.15, -0.1) is 0 Å². The van der Waals surface area contributed by atoms with Crippen LogP contribution < -0.4 is 14.8 Å². The van der Waals surface area contributed by atoms with Gasteiger partial charge < -0.3 is 29.7 Å². The van der Waals surface area contributed by atoms with Gasteiger partial charge in [-0.3, -0.25) is 0 Å². The standard InChI is InChI=1S/C41H42F4N6O2/c1-41(24-53-35-6-12-47-39-38(35)33(22-48-39)31-19-27(42)2-3-34(31)45)8-14-51(15-9-41)13-7-30-20-36(52-23-25-4-10-46-11-5-25)37-32(21-49-40(37)50-30)26-16-28(43)18-29(44)17-26/h2-3,6,12,16-22,25,46H,4-5,7-11,13-15,23-24H2,1H3,(H,47,48)(H,49,50). The molecule has 6 heterocycles. The number of likely N-dealkylation sites (tertiary alicyclic amines) is 1. The summed E-state index contributed by atoms with van der Waals surface area (Å²) in [5.74, 6) is -0.636. The highest BCUT2D eigenvalue weighted by atomic mass is 19.1. The van der Waals surface area contributed by atoms with Crippen molar-refractivity contribution in [3.8, 4) is 33.8 Å². The van der Waals surface area contributed by atoms with Crippen molar-refractivity contribution in [2.24, 2.45) is 11.3 Å². The topological polar surface area (TPSA) is 91.1 Å². The van der Waals surface area contributed by atoms with Crippen LogP contribution in [-0.2, 0) is 6.42 Å². The van der Waals surface area contributed by atoms with Gasteiger partial charge >= 0.3 is 0 Å². The smallest absolute Gasteiger partial charge is 0.141 e. The molecule has 2 fully saturated rings. The zero-order valence-corrected chi connectivity index (χ0v) is 29.6. The molecule has 0 amide bonds. The molecular weight excluding hydrogens is 684 g/mol. The third kappa shape index (κ3) is 7.61. The van der Waals surface area contributed by atoms with Gasteiger partial charge in [-0.25, -0.2) is 27.5 Å². The minimum atomic E-state index is -0.637. The van der Waals surface area contributed by atoms with Crippen LogP contribution in [0.25, 0.3) is 44.3 Å². The van der Waals surface area contributed by atoms with Gasteiger partial charge in [0.05, 0.1) is 24.0 Å². The van der Waals surface area contributed by atoms with Gasteiger partial charge in [-0.2, -0.15) is 0 Å². The van der Waals surface area contributed by atoms with Gasteiger partial charge in [-0.1, -0.05) is 6.92 Å². The number of aromatic nitrogens is 4. The molecule has 0 unspecified atom stereocenters. The van der Waals surface area contributed by atoms with Gasteiger partial charge in [0.2, 0.25) is 0 Å². The van der Waals surface area contributed by atoms with Crippen LogP contribution in [0.4, 0.5) is 17.6 Å². The van der Waals surface area contributed by atoms with Crippen LogP contribution in [-0.4, -0.2) is 70.8 Å². The molecule has 276 valence electrons. The molecule has 0 saturated carbocycles. The number of fused-ring (bicyclic) bond motifs is 2. The van der Waals surface area contributed by atoms with Gasteiger partial charge in [0, 0.05) is 71.5 Å². The number of hydrogen-bond donors (Lipinski definition) is 3. The van der Waals surface area contributed by atoms with E-state index in [1.54, 1.807) is 24.7 Å². The predicted molar refractivity (Wildman–Crippen MR) is 197 cm³/mol. The first kappa shape index (κ1) is 35.1. The summed E-state index contributed by atoms with van der Waals surface area (Å²) < 4.78 is 70.1. The summed E-state index contributed by atoms with van der Waals surface area (Å²) in [5.41, 5.74) is 3.71. The Kier molecular flexibility index (Phi) is 9.82. The highest BCUT2D eigenvalue weighted by Gasteiger charge is 2.31. The summed E-state index contributed by atoms with van der Waals surface area (Å²) in [6.07, 6.45) is 9.64. The molecule has 2 aromatic carbocycles. The summed E-state index contributed by atoms with van der Waals surface area (Å²) in [7, 11) is 0. The molecule has 8 rings (SSSR count). The van der Waals surface area contributed by atoms with Crippen molar-refractivity contribution < 1.29 is 27.0 Å². The van der Waals surface area contributed by atoms with E-state index in [0.29, 0.717) is 70.4 Å². The molecular formula is C41H42F4N6O2. The van der Waals surface area contributed by atoms with Gasteiger partial charge in [0.25, 0.3) is 0 Å². The molecule has 2 aliphatic heterocycles. The highest BCUT2D eigenvalue weighted by Crippen LogP contribution is 2.39. The minimum absolute atomic E-state index is 0.0868. The molecule has 8 nitrogen and oxygen atoms in total. The Balaban J connectivity index is 0.940. The Bertz CT molecular complexity index is 2220. The Morgan fingerprint density at radius 3 is 2.32 bits per heavy atom. The average molecular weight is 727 g/mol. The lowest BCUT2D eigenvalue weighted by Crippen LogP contribution is -2.42. The number of ether oxygens (including phenoxy) is 2. The molecule has 53 heavy (non-hydrogen) atoms. The van der Waals surface area contributed by atoms with Crippen LogP contribution >= 0.6 is 0 Å². The molecule has 12 heteroatoms. The molecule has 6 aromatic rings. The predicted octanol–water partition coefficient (Wildman–Crippen LogP) is 8.43. The van der Waals surface area contributed by atoms with E-state index in [4.69, 9.17) is 14.5 Å². The first-order chi connectivity index (χ1) is 25.7. The van der Waals surface area contributed by atoms with Crippen LogP contribution in [0.15, 0.2) is 67.1 Å². The van der Waals surface area contributed by atoms with E-state index in [1.807, 2.05) is 6.07 Å². The third-order valence-electron chi connectivity index (χ3n) is 10.8. The second-order valence-corrected chi connectivity index (χ2v) is 14.8.